The number of pyridine rings is 1. The number of nitrogens with zero attached hydrogens (tertiary/aromatic N) is 3. The predicted molar refractivity (Wildman–Crippen MR) is 99.9 cm³/mol. The molecule has 0 saturated carbocycles. The van der Waals surface area contributed by atoms with Crippen molar-refractivity contribution in [3.63, 3.8) is 0 Å². The molecule has 1 atom stereocenters. The highest BCUT2D eigenvalue weighted by Crippen LogP contribution is 2.26. The lowest BCUT2D eigenvalue weighted by Gasteiger charge is -2.34. The van der Waals surface area contributed by atoms with Crippen LogP contribution in [-0.2, 0) is 13.0 Å². The molecule has 1 amide bonds. The summed E-state index contributed by atoms with van der Waals surface area (Å²) < 4.78 is 0. The number of β-amino-alcohol motifs (C(OH)–C–C–N with tert-alkyl or cyclic N) is 1. The van der Waals surface area contributed by atoms with Crippen LogP contribution in [0.5, 0.6) is 0 Å². The Balaban J connectivity index is 1.40. The fourth-order valence-electron chi connectivity index (χ4n) is 4.09. The first-order valence-corrected chi connectivity index (χ1v) is 9.27. The summed E-state index contributed by atoms with van der Waals surface area (Å²) in [6.07, 6.45) is 1.63. The average Bonchev–Trinajstić information content (AvgIpc) is 3.03. The van der Waals surface area contributed by atoms with Gasteiger partial charge in [-0.15, -0.1) is 0 Å². The number of carbonyl (C=O) groups is 1. The highest BCUT2D eigenvalue weighted by molar-refractivity contribution is 5.92. The number of hydrogen-bond acceptors (Lipinski definition) is 4. The second kappa shape index (κ2) is 6.82. The van der Waals surface area contributed by atoms with Gasteiger partial charge < -0.3 is 10.0 Å². The van der Waals surface area contributed by atoms with Gasteiger partial charge in [0.2, 0.25) is 0 Å². The van der Waals surface area contributed by atoms with Crippen LogP contribution in [0.15, 0.2) is 42.5 Å². The fraction of sp³-hybridized carbons (Fsp3) is 0.429. The Kier molecular flexibility index (Phi) is 4.51. The molecule has 1 aromatic carbocycles. The van der Waals surface area contributed by atoms with E-state index in [-0.39, 0.29) is 5.91 Å². The Morgan fingerprint density at radius 2 is 1.96 bits per heavy atom. The molecule has 3 heterocycles. The van der Waals surface area contributed by atoms with E-state index < -0.39 is 5.60 Å². The van der Waals surface area contributed by atoms with Gasteiger partial charge in [0.1, 0.15) is 5.69 Å². The number of aliphatic hydroxyl groups is 1. The summed E-state index contributed by atoms with van der Waals surface area (Å²) in [6.45, 7) is 5.26. The van der Waals surface area contributed by atoms with Crippen LogP contribution in [0.2, 0.25) is 0 Å². The van der Waals surface area contributed by atoms with Gasteiger partial charge in [0.15, 0.2) is 0 Å². The molecule has 0 unspecified atom stereocenters. The van der Waals surface area contributed by atoms with Crippen LogP contribution in [0.3, 0.4) is 0 Å². The minimum Gasteiger partial charge on any atom is -0.387 e. The summed E-state index contributed by atoms with van der Waals surface area (Å²) in [5.74, 6) is -0.0892. The van der Waals surface area contributed by atoms with Gasteiger partial charge in [0, 0.05) is 31.9 Å². The highest BCUT2D eigenvalue weighted by Gasteiger charge is 2.40. The van der Waals surface area contributed by atoms with Crippen molar-refractivity contribution < 1.29 is 9.90 Å². The van der Waals surface area contributed by atoms with Crippen LogP contribution in [0.25, 0.3) is 0 Å². The fourth-order valence-corrected chi connectivity index (χ4v) is 4.09. The van der Waals surface area contributed by atoms with Gasteiger partial charge in [-0.3, -0.25) is 9.69 Å². The number of aryl methyl sites for hydroxylation is 1. The van der Waals surface area contributed by atoms with Crippen LogP contribution >= 0.6 is 0 Å². The van der Waals surface area contributed by atoms with Crippen LogP contribution in [-0.4, -0.2) is 57.6 Å². The van der Waals surface area contributed by atoms with Gasteiger partial charge in [-0.05, 0) is 43.0 Å². The number of likely N-dealkylation sites (tertiary alicyclic amines) is 1. The lowest BCUT2D eigenvalue weighted by atomic mass is 9.97. The van der Waals surface area contributed by atoms with E-state index in [1.165, 1.54) is 11.1 Å². The molecule has 5 nitrogen and oxygen atoms in total. The molecule has 1 saturated heterocycles. The van der Waals surface area contributed by atoms with E-state index in [0.717, 1.165) is 25.2 Å². The maximum Gasteiger partial charge on any atom is 0.272 e. The normalized spacial score (nSPS) is 23.1. The summed E-state index contributed by atoms with van der Waals surface area (Å²) in [4.78, 5) is 21.0. The molecule has 2 aliphatic heterocycles. The van der Waals surface area contributed by atoms with E-state index in [0.29, 0.717) is 31.7 Å². The zero-order chi connectivity index (χ0) is 18.1. The summed E-state index contributed by atoms with van der Waals surface area (Å²) in [7, 11) is 0. The van der Waals surface area contributed by atoms with Crippen molar-refractivity contribution >= 4 is 5.91 Å². The van der Waals surface area contributed by atoms with Crippen LogP contribution in [0.1, 0.15) is 33.7 Å². The maximum atomic E-state index is 12.7. The van der Waals surface area contributed by atoms with Crippen molar-refractivity contribution in [1.82, 2.24) is 14.8 Å². The minimum atomic E-state index is -0.841. The topological polar surface area (TPSA) is 56.7 Å². The van der Waals surface area contributed by atoms with E-state index in [2.05, 4.69) is 34.1 Å². The van der Waals surface area contributed by atoms with E-state index in [9.17, 15) is 9.90 Å². The second-order valence-electron chi connectivity index (χ2n) is 7.59. The first-order valence-electron chi connectivity index (χ1n) is 9.27. The zero-order valence-electron chi connectivity index (χ0n) is 15.2. The molecular formula is C21H25N3O2. The Hall–Kier alpha value is -2.24. The third-order valence-electron chi connectivity index (χ3n) is 5.45. The molecule has 0 radical (unpaired) electrons. The molecule has 2 aromatic rings. The molecule has 0 spiro atoms. The van der Waals surface area contributed by atoms with E-state index in [1.807, 2.05) is 19.1 Å². The summed E-state index contributed by atoms with van der Waals surface area (Å²) >= 11 is 0. The van der Waals surface area contributed by atoms with Gasteiger partial charge in [-0.2, -0.15) is 0 Å². The van der Waals surface area contributed by atoms with Crippen LogP contribution < -0.4 is 0 Å². The highest BCUT2D eigenvalue weighted by atomic mass is 16.3. The van der Waals surface area contributed by atoms with Crippen molar-refractivity contribution in [2.45, 2.75) is 31.9 Å². The third-order valence-corrected chi connectivity index (χ3v) is 5.45. The third kappa shape index (κ3) is 3.50. The van der Waals surface area contributed by atoms with Crippen LogP contribution in [0.4, 0.5) is 0 Å². The maximum absolute atomic E-state index is 12.7. The molecule has 136 valence electrons. The van der Waals surface area contributed by atoms with Crippen molar-refractivity contribution in [3.05, 3.63) is 65.0 Å². The predicted octanol–water partition coefficient (Wildman–Crippen LogP) is 2.03. The molecular weight excluding hydrogens is 326 g/mol. The Morgan fingerprint density at radius 3 is 2.77 bits per heavy atom. The number of rotatable bonds is 3. The van der Waals surface area contributed by atoms with Crippen molar-refractivity contribution in [2.24, 2.45) is 0 Å². The van der Waals surface area contributed by atoms with Gasteiger partial charge in [-0.1, -0.05) is 30.3 Å². The smallest absolute Gasteiger partial charge is 0.272 e. The Bertz CT molecular complexity index is 822. The second-order valence-corrected chi connectivity index (χ2v) is 7.59. The average molecular weight is 351 g/mol. The van der Waals surface area contributed by atoms with Gasteiger partial charge in [-0.25, -0.2) is 4.98 Å². The summed E-state index contributed by atoms with van der Waals surface area (Å²) in [6, 6.07) is 14.0. The Morgan fingerprint density at radius 1 is 1.15 bits per heavy atom. The number of carbonyl (C=O) groups excluding carboxylic acids is 1. The Labute approximate surface area is 154 Å². The van der Waals surface area contributed by atoms with E-state index in [4.69, 9.17) is 0 Å². The van der Waals surface area contributed by atoms with E-state index in [1.54, 1.807) is 11.0 Å². The number of fused-ring (bicyclic) bond motifs is 1. The lowest BCUT2D eigenvalue weighted by molar-refractivity contribution is 0.00799. The number of hydrogen-bond donors (Lipinski definition) is 1. The molecule has 1 aromatic heterocycles. The lowest BCUT2D eigenvalue weighted by Crippen LogP contribution is -2.47. The first-order chi connectivity index (χ1) is 12.5. The van der Waals surface area contributed by atoms with Crippen LogP contribution in [0, 0.1) is 6.92 Å². The van der Waals surface area contributed by atoms with Gasteiger partial charge in [0.25, 0.3) is 5.91 Å². The first kappa shape index (κ1) is 17.2. The molecule has 1 fully saturated rings. The SMILES string of the molecule is Cc1cccc(C(=O)N2CC[C@@](O)(CN3CCc4ccccc4C3)C2)n1. The molecule has 26 heavy (non-hydrogen) atoms. The summed E-state index contributed by atoms with van der Waals surface area (Å²) in [5, 5.41) is 11.1. The molecule has 2 aliphatic rings. The standard InChI is InChI=1S/C21H25N3O2/c1-16-5-4-8-19(22-16)20(25)24-12-10-21(26,15-24)14-23-11-9-17-6-2-3-7-18(17)13-23/h2-8,26H,9-15H2,1H3/t21-/m1/s1. The van der Waals surface area contributed by atoms with Gasteiger partial charge >= 0.3 is 0 Å². The van der Waals surface area contributed by atoms with Crippen molar-refractivity contribution in [1.29, 1.82) is 0 Å². The zero-order valence-corrected chi connectivity index (χ0v) is 15.2. The molecule has 1 N–H and O–H groups in total. The van der Waals surface area contributed by atoms with Crippen molar-refractivity contribution in [2.75, 3.05) is 26.2 Å². The van der Waals surface area contributed by atoms with Gasteiger partial charge in [0.05, 0.1) is 12.1 Å². The largest absolute Gasteiger partial charge is 0.387 e. The monoisotopic (exact) mass is 351 g/mol. The van der Waals surface area contributed by atoms with Crippen molar-refractivity contribution in [3.8, 4) is 0 Å². The minimum absolute atomic E-state index is 0.0892. The molecule has 4 rings (SSSR count). The van der Waals surface area contributed by atoms with E-state index >= 15 is 0 Å². The quantitative estimate of drug-likeness (QED) is 0.919. The molecule has 0 bridgehead atoms. The molecule has 5 heteroatoms. The number of aromatic nitrogens is 1. The summed E-state index contributed by atoms with van der Waals surface area (Å²) in [5.41, 5.74) is 3.20. The molecule has 0 aliphatic carbocycles. The number of benzene rings is 1. The number of amides is 1.